The van der Waals surface area contributed by atoms with Gasteiger partial charge in [0.2, 0.25) is 0 Å². The van der Waals surface area contributed by atoms with Crippen LogP contribution < -0.4 is 5.32 Å². The number of carbonyl (C=O) groups excluding carboxylic acids is 1. The van der Waals surface area contributed by atoms with Crippen LogP contribution in [0.4, 0.5) is 8.78 Å². The molecule has 132 valence electrons. The van der Waals surface area contributed by atoms with E-state index in [1.165, 1.54) is 24.4 Å². The second kappa shape index (κ2) is 5.91. The SMILES string of the molecule is CC1CCCc2ncc(C(=O)NC3(c4c(F)cccc4F)COC3)n21. The molecule has 0 radical (unpaired) electrons. The van der Waals surface area contributed by atoms with Gasteiger partial charge in [-0.1, -0.05) is 6.07 Å². The normalized spacial score (nSPS) is 21.3. The minimum absolute atomic E-state index is 0.0349. The molecule has 2 aliphatic rings. The maximum Gasteiger partial charge on any atom is 0.270 e. The van der Waals surface area contributed by atoms with Crippen molar-refractivity contribution >= 4 is 5.91 Å². The highest BCUT2D eigenvalue weighted by Crippen LogP contribution is 2.34. The summed E-state index contributed by atoms with van der Waals surface area (Å²) < 4.78 is 35.6. The zero-order valence-electron chi connectivity index (χ0n) is 13.9. The number of imidazole rings is 1. The minimum Gasteiger partial charge on any atom is -0.376 e. The van der Waals surface area contributed by atoms with E-state index < -0.39 is 23.1 Å². The molecule has 7 heteroatoms. The van der Waals surface area contributed by atoms with E-state index in [0.29, 0.717) is 5.69 Å². The number of amides is 1. The lowest BCUT2D eigenvalue weighted by Crippen LogP contribution is -2.60. The van der Waals surface area contributed by atoms with E-state index in [2.05, 4.69) is 10.3 Å². The molecule has 1 aromatic heterocycles. The van der Waals surface area contributed by atoms with E-state index in [0.717, 1.165) is 25.1 Å². The number of hydrogen-bond acceptors (Lipinski definition) is 3. The Morgan fingerprint density at radius 3 is 2.72 bits per heavy atom. The van der Waals surface area contributed by atoms with Crippen LogP contribution in [0.2, 0.25) is 0 Å². The topological polar surface area (TPSA) is 56.1 Å². The summed E-state index contributed by atoms with van der Waals surface area (Å²) in [6.45, 7) is 2.11. The summed E-state index contributed by atoms with van der Waals surface area (Å²) >= 11 is 0. The van der Waals surface area contributed by atoms with E-state index >= 15 is 0 Å². The Kier molecular flexibility index (Phi) is 3.83. The van der Waals surface area contributed by atoms with E-state index in [4.69, 9.17) is 4.74 Å². The highest BCUT2D eigenvalue weighted by molar-refractivity contribution is 5.93. The molecule has 1 fully saturated rings. The molecular weight excluding hydrogens is 328 g/mol. The molecular formula is C18H19F2N3O2. The standard InChI is InChI=1S/C18H19F2N3O2/c1-11-4-2-7-15-21-8-14(23(11)15)17(24)22-18(9-25-10-18)16-12(19)5-3-6-13(16)20/h3,5-6,8,11H,2,4,7,9-10H2,1H3,(H,22,24). The summed E-state index contributed by atoms with van der Waals surface area (Å²) in [5, 5.41) is 2.80. The fraction of sp³-hybridized carbons (Fsp3) is 0.444. The Morgan fingerprint density at radius 1 is 1.36 bits per heavy atom. The maximum absolute atomic E-state index is 14.2. The Hall–Kier alpha value is -2.28. The molecule has 2 aliphatic heterocycles. The van der Waals surface area contributed by atoms with Crippen LogP contribution >= 0.6 is 0 Å². The van der Waals surface area contributed by atoms with Gasteiger partial charge in [-0.2, -0.15) is 0 Å². The van der Waals surface area contributed by atoms with E-state index in [-0.39, 0.29) is 24.8 Å². The lowest BCUT2D eigenvalue weighted by atomic mass is 9.86. The van der Waals surface area contributed by atoms with Crippen molar-refractivity contribution in [2.24, 2.45) is 0 Å². The van der Waals surface area contributed by atoms with Gasteiger partial charge in [0.25, 0.3) is 5.91 Å². The quantitative estimate of drug-likeness (QED) is 0.929. The van der Waals surface area contributed by atoms with Crippen molar-refractivity contribution in [2.45, 2.75) is 37.8 Å². The van der Waals surface area contributed by atoms with Crippen molar-refractivity contribution in [1.29, 1.82) is 0 Å². The van der Waals surface area contributed by atoms with E-state index in [1.807, 2.05) is 11.5 Å². The second-order valence-corrected chi connectivity index (χ2v) is 6.80. The number of nitrogens with zero attached hydrogens (tertiary/aromatic N) is 2. The Balaban J connectivity index is 1.67. The largest absolute Gasteiger partial charge is 0.376 e. The maximum atomic E-state index is 14.2. The molecule has 1 saturated heterocycles. The summed E-state index contributed by atoms with van der Waals surface area (Å²) in [5.41, 5.74) is -0.916. The zero-order chi connectivity index (χ0) is 17.6. The Labute approximate surface area is 144 Å². The average Bonchev–Trinajstić information content (AvgIpc) is 2.97. The van der Waals surface area contributed by atoms with Crippen LogP contribution in [-0.2, 0) is 16.7 Å². The highest BCUT2D eigenvalue weighted by Gasteiger charge is 2.46. The summed E-state index contributed by atoms with van der Waals surface area (Å²) in [6, 6.07) is 3.85. The third-order valence-corrected chi connectivity index (χ3v) is 5.06. The molecule has 1 unspecified atom stereocenters. The molecule has 1 aromatic carbocycles. The lowest BCUT2D eigenvalue weighted by Gasteiger charge is -2.42. The zero-order valence-corrected chi connectivity index (χ0v) is 13.9. The molecule has 5 nitrogen and oxygen atoms in total. The lowest BCUT2D eigenvalue weighted by molar-refractivity contribution is -0.0766. The van der Waals surface area contributed by atoms with Gasteiger partial charge in [0, 0.05) is 12.5 Å². The number of aromatic nitrogens is 2. The van der Waals surface area contributed by atoms with Crippen molar-refractivity contribution < 1.29 is 18.3 Å². The molecule has 25 heavy (non-hydrogen) atoms. The number of carbonyl (C=O) groups is 1. The van der Waals surface area contributed by atoms with E-state index in [9.17, 15) is 13.6 Å². The summed E-state index contributed by atoms with van der Waals surface area (Å²) in [7, 11) is 0. The fourth-order valence-corrected chi connectivity index (χ4v) is 3.75. The highest BCUT2D eigenvalue weighted by atomic mass is 19.1. The number of benzene rings is 1. The molecule has 2 aromatic rings. The third-order valence-electron chi connectivity index (χ3n) is 5.06. The molecule has 1 amide bonds. The van der Waals surface area contributed by atoms with Crippen molar-refractivity contribution in [2.75, 3.05) is 13.2 Å². The first-order chi connectivity index (χ1) is 12.0. The van der Waals surface area contributed by atoms with Crippen molar-refractivity contribution in [3.63, 3.8) is 0 Å². The molecule has 3 heterocycles. The van der Waals surface area contributed by atoms with Crippen LogP contribution in [0.15, 0.2) is 24.4 Å². The summed E-state index contributed by atoms with van der Waals surface area (Å²) in [5.74, 6) is -0.891. The van der Waals surface area contributed by atoms with Crippen LogP contribution in [0.25, 0.3) is 0 Å². The monoisotopic (exact) mass is 347 g/mol. The molecule has 0 spiro atoms. The van der Waals surface area contributed by atoms with Gasteiger partial charge in [0.1, 0.15) is 28.7 Å². The number of halogens is 2. The van der Waals surface area contributed by atoms with Crippen LogP contribution in [0, 0.1) is 11.6 Å². The number of nitrogens with one attached hydrogen (secondary N) is 1. The van der Waals surface area contributed by atoms with Gasteiger partial charge < -0.3 is 14.6 Å². The molecule has 0 saturated carbocycles. The molecule has 0 bridgehead atoms. The molecule has 4 rings (SSSR count). The van der Waals surface area contributed by atoms with Gasteiger partial charge >= 0.3 is 0 Å². The summed E-state index contributed by atoms with van der Waals surface area (Å²) in [4.78, 5) is 17.2. The number of hydrogen-bond donors (Lipinski definition) is 1. The van der Waals surface area contributed by atoms with Crippen molar-refractivity contribution in [3.05, 3.63) is 53.1 Å². The van der Waals surface area contributed by atoms with Crippen LogP contribution in [0.3, 0.4) is 0 Å². The second-order valence-electron chi connectivity index (χ2n) is 6.80. The van der Waals surface area contributed by atoms with Gasteiger partial charge in [0.05, 0.1) is 25.0 Å². The fourth-order valence-electron chi connectivity index (χ4n) is 3.75. The first kappa shape index (κ1) is 16.2. The predicted molar refractivity (Wildman–Crippen MR) is 86.2 cm³/mol. The van der Waals surface area contributed by atoms with Gasteiger partial charge in [-0.3, -0.25) is 4.79 Å². The number of rotatable bonds is 3. The number of aryl methyl sites for hydroxylation is 1. The Morgan fingerprint density at radius 2 is 2.08 bits per heavy atom. The van der Waals surface area contributed by atoms with Crippen molar-refractivity contribution in [1.82, 2.24) is 14.9 Å². The van der Waals surface area contributed by atoms with Gasteiger partial charge in [-0.05, 0) is 31.9 Å². The van der Waals surface area contributed by atoms with E-state index in [1.54, 1.807) is 0 Å². The van der Waals surface area contributed by atoms with Crippen molar-refractivity contribution in [3.8, 4) is 0 Å². The van der Waals surface area contributed by atoms with Crippen LogP contribution in [-0.4, -0.2) is 28.7 Å². The van der Waals surface area contributed by atoms with Crippen LogP contribution in [0.5, 0.6) is 0 Å². The predicted octanol–water partition coefficient (Wildman–Crippen LogP) is 2.71. The number of fused-ring (bicyclic) bond motifs is 1. The first-order valence-electron chi connectivity index (χ1n) is 8.43. The smallest absolute Gasteiger partial charge is 0.270 e. The molecule has 1 N–H and O–H groups in total. The minimum atomic E-state index is -1.19. The Bertz CT molecular complexity index is 809. The third kappa shape index (κ3) is 2.54. The van der Waals surface area contributed by atoms with Gasteiger partial charge in [-0.25, -0.2) is 13.8 Å². The molecule has 0 aliphatic carbocycles. The van der Waals surface area contributed by atoms with Gasteiger partial charge in [-0.15, -0.1) is 0 Å². The van der Waals surface area contributed by atoms with Crippen LogP contribution in [0.1, 0.15) is 47.7 Å². The first-order valence-corrected chi connectivity index (χ1v) is 8.43. The average molecular weight is 347 g/mol. The van der Waals surface area contributed by atoms with Gasteiger partial charge in [0.15, 0.2) is 0 Å². The summed E-state index contributed by atoms with van der Waals surface area (Å²) in [6.07, 6.45) is 4.38. The molecule has 1 atom stereocenters. The number of ether oxygens (including phenoxy) is 1.